The van der Waals surface area contributed by atoms with Crippen molar-refractivity contribution in [2.24, 2.45) is 0 Å². The van der Waals surface area contributed by atoms with Gasteiger partial charge in [-0.2, -0.15) is 8.42 Å². The van der Waals surface area contributed by atoms with Crippen LogP contribution in [0.4, 0.5) is 0 Å². The van der Waals surface area contributed by atoms with Crippen molar-refractivity contribution >= 4 is 16.0 Å². The van der Waals surface area contributed by atoms with Crippen molar-refractivity contribution in [1.29, 1.82) is 0 Å². The second kappa shape index (κ2) is 4.98. The van der Waals surface area contributed by atoms with E-state index in [4.69, 9.17) is 0 Å². The smallest absolute Gasteiger partial charge is 0.269 e. The van der Waals surface area contributed by atoms with Gasteiger partial charge in [-0.25, -0.2) is 0 Å². The molecule has 0 aromatic heterocycles. The van der Waals surface area contributed by atoms with Crippen molar-refractivity contribution in [3.05, 3.63) is 12.7 Å². The molecule has 0 heterocycles. The van der Waals surface area contributed by atoms with Crippen LogP contribution in [0, 0.1) is 0 Å². The van der Waals surface area contributed by atoms with Crippen molar-refractivity contribution in [3.63, 3.8) is 0 Å². The van der Waals surface area contributed by atoms with Crippen molar-refractivity contribution in [2.45, 2.75) is 13.0 Å². The molecule has 1 atom stereocenters. The Labute approximate surface area is 77.9 Å². The van der Waals surface area contributed by atoms with E-state index in [1.807, 2.05) is 0 Å². The molecule has 13 heavy (non-hydrogen) atoms. The Kier molecular flexibility index (Phi) is 4.64. The van der Waals surface area contributed by atoms with Crippen LogP contribution in [0.15, 0.2) is 12.7 Å². The van der Waals surface area contributed by atoms with Crippen LogP contribution in [0.25, 0.3) is 0 Å². The standard InChI is InChI=1S/C7H13NO4S/c1-4-7(9)8-6(2)5-13(10,11)12-3/h4,6H,1,5H2,2-3H3,(H,8,9). The molecule has 0 aliphatic carbocycles. The minimum atomic E-state index is -3.52. The van der Waals surface area contributed by atoms with Crippen LogP contribution in [0.1, 0.15) is 6.92 Å². The summed E-state index contributed by atoms with van der Waals surface area (Å²) in [6, 6.07) is -0.490. The van der Waals surface area contributed by atoms with Gasteiger partial charge < -0.3 is 5.32 Å². The zero-order chi connectivity index (χ0) is 10.5. The second-order valence-corrected chi connectivity index (χ2v) is 4.29. The van der Waals surface area contributed by atoms with E-state index in [1.165, 1.54) is 0 Å². The predicted octanol–water partition coefficient (Wildman–Crippen LogP) is -0.347. The molecule has 0 aliphatic heterocycles. The quantitative estimate of drug-likeness (QED) is 0.494. The second-order valence-electron chi connectivity index (χ2n) is 2.50. The lowest BCUT2D eigenvalue weighted by atomic mass is 10.4. The Balaban J connectivity index is 4.09. The third-order valence-electron chi connectivity index (χ3n) is 1.28. The maximum atomic E-state index is 10.9. The minimum Gasteiger partial charge on any atom is -0.349 e. The third kappa shape index (κ3) is 5.37. The Hall–Kier alpha value is -0.880. The number of rotatable bonds is 5. The highest BCUT2D eigenvalue weighted by Crippen LogP contribution is 1.94. The van der Waals surface area contributed by atoms with Gasteiger partial charge in [0.05, 0.1) is 12.9 Å². The minimum absolute atomic E-state index is 0.247. The van der Waals surface area contributed by atoms with Crippen LogP contribution in [-0.2, 0) is 19.1 Å². The molecule has 0 rings (SSSR count). The normalized spacial score (nSPS) is 13.4. The van der Waals surface area contributed by atoms with Gasteiger partial charge in [-0.05, 0) is 13.0 Å². The van der Waals surface area contributed by atoms with Crippen LogP contribution in [0.5, 0.6) is 0 Å². The summed E-state index contributed by atoms with van der Waals surface area (Å²) in [6.07, 6.45) is 1.08. The van der Waals surface area contributed by atoms with E-state index in [1.54, 1.807) is 6.92 Å². The lowest BCUT2D eigenvalue weighted by Gasteiger charge is -2.11. The Morgan fingerprint density at radius 3 is 2.62 bits per heavy atom. The van der Waals surface area contributed by atoms with Crippen molar-refractivity contribution in [3.8, 4) is 0 Å². The molecule has 0 aliphatic rings. The zero-order valence-electron chi connectivity index (χ0n) is 7.61. The molecular weight excluding hydrogens is 194 g/mol. The molecule has 6 heteroatoms. The summed E-state index contributed by atoms with van der Waals surface area (Å²) < 4.78 is 26.0. The highest BCUT2D eigenvalue weighted by molar-refractivity contribution is 7.86. The Morgan fingerprint density at radius 2 is 2.23 bits per heavy atom. The number of carbonyl (C=O) groups excluding carboxylic acids is 1. The molecule has 0 radical (unpaired) electrons. The lowest BCUT2D eigenvalue weighted by Crippen LogP contribution is -2.36. The lowest BCUT2D eigenvalue weighted by molar-refractivity contribution is -0.116. The van der Waals surface area contributed by atoms with Crippen molar-refractivity contribution < 1.29 is 17.4 Å². The largest absolute Gasteiger partial charge is 0.349 e. The summed E-state index contributed by atoms with van der Waals surface area (Å²) in [7, 11) is -2.44. The van der Waals surface area contributed by atoms with E-state index >= 15 is 0 Å². The fourth-order valence-corrected chi connectivity index (χ4v) is 1.55. The maximum absolute atomic E-state index is 10.9. The number of hydrogen-bond donors (Lipinski definition) is 1. The fourth-order valence-electron chi connectivity index (χ4n) is 0.718. The fraction of sp³-hybridized carbons (Fsp3) is 0.571. The van der Waals surface area contributed by atoms with E-state index in [-0.39, 0.29) is 5.75 Å². The summed E-state index contributed by atoms with van der Waals surface area (Å²) in [5.74, 6) is -0.651. The first-order chi connectivity index (χ1) is 5.91. The third-order valence-corrected chi connectivity index (χ3v) is 2.70. The molecule has 5 nitrogen and oxygen atoms in total. The van der Waals surface area contributed by atoms with E-state index in [0.29, 0.717) is 0 Å². The Morgan fingerprint density at radius 1 is 1.69 bits per heavy atom. The van der Waals surface area contributed by atoms with Gasteiger partial charge in [0.15, 0.2) is 0 Å². The van der Waals surface area contributed by atoms with Crippen LogP contribution in [0.3, 0.4) is 0 Å². The number of amides is 1. The van der Waals surface area contributed by atoms with E-state index in [2.05, 4.69) is 16.1 Å². The number of carbonyl (C=O) groups is 1. The van der Waals surface area contributed by atoms with Crippen LogP contribution < -0.4 is 5.32 Å². The summed E-state index contributed by atoms with van der Waals surface area (Å²) in [4.78, 5) is 10.7. The van der Waals surface area contributed by atoms with E-state index < -0.39 is 22.1 Å². The molecule has 1 N–H and O–H groups in total. The average molecular weight is 207 g/mol. The molecule has 1 unspecified atom stereocenters. The molecule has 0 spiro atoms. The first kappa shape index (κ1) is 12.1. The van der Waals surface area contributed by atoms with Crippen molar-refractivity contribution in [2.75, 3.05) is 12.9 Å². The van der Waals surface area contributed by atoms with Gasteiger partial charge in [-0.3, -0.25) is 8.98 Å². The van der Waals surface area contributed by atoms with Crippen LogP contribution >= 0.6 is 0 Å². The molecule has 76 valence electrons. The molecular formula is C7H13NO4S. The monoisotopic (exact) mass is 207 g/mol. The van der Waals surface area contributed by atoms with E-state index in [9.17, 15) is 13.2 Å². The molecule has 1 amide bonds. The van der Waals surface area contributed by atoms with Gasteiger partial charge in [0.1, 0.15) is 0 Å². The summed E-state index contributed by atoms with van der Waals surface area (Å²) >= 11 is 0. The molecule has 0 bridgehead atoms. The van der Waals surface area contributed by atoms with Gasteiger partial charge >= 0.3 is 0 Å². The van der Waals surface area contributed by atoms with Gasteiger partial charge in [-0.15, -0.1) is 0 Å². The average Bonchev–Trinajstić information content (AvgIpc) is 2.03. The van der Waals surface area contributed by atoms with Gasteiger partial charge in [0.25, 0.3) is 10.1 Å². The maximum Gasteiger partial charge on any atom is 0.269 e. The summed E-state index contributed by atoms with van der Waals surface area (Å²) in [6.45, 7) is 4.80. The van der Waals surface area contributed by atoms with Gasteiger partial charge in [0.2, 0.25) is 5.91 Å². The first-order valence-electron chi connectivity index (χ1n) is 3.62. The molecule has 0 aromatic carbocycles. The Bertz CT molecular complexity index is 283. The molecule has 0 aromatic rings. The highest BCUT2D eigenvalue weighted by atomic mass is 32.2. The molecule has 0 saturated heterocycles. The van der Waals surface area contributed by atoms with Crippen LogP contribution in [0.2, 0.25) is 0 Å². The summed E-state index contributed by atoms with van der Waals surface area (Å²) in [5.41, 5.74) is 0. The van der Waals surface area contributed by atoms with Gasteiger partial charge in [-0.1, -0.05) is 6.58 Å². The number of nitrogens with one attached hydrogen (secondary N) is 1. The van der Waals surface area contributed by atoms with Crippen molar-refractivity contribution in [1.82, 2.24) is 5.32 Å². The summed E-state index contributed by atoms with van der Waals surface area (Å²) in [5, 5.41) is 2.40. The SMILES string of the molecule is C=CC(=O)NC(C)CS(=O)(=O)OC. The predicted molar refractivity (Wildman–Crippen MR) is 48.6 cm³/mol. The van der Waals surface area contributed by atoms with Gasteiger partial charge in [0, 0.05) is 6.04 Å². The number of hydrogen-bond acceptors (Lipinski definition) is 4. The van der Waals surface area contributed by atoms with Crippen LogP contribution in [-0.4, -0.2) is 33.2 Å². The molecule has 0 fully saturated rings. The van der Waals surface area contributed by atoms with E-state index in [0.717, 1.165) is 13.2 Å². The topological polar surface area (TPSA) is 72.5 Å². The zero-order valence-corrected chi connectivity index (χ0v) is 8.43. The highest BCUT2D eigenvalue weighted by Gasteiger charge is 2.15. The first-order valence-corrected chi connectivity index (χ1v) is 5.20. The molecule has 0 saturated carbocycles.